The molecule has 2 amide bonds. The Labute approximate surface area is 237 Å². The van der Waals surface area contributed by atoms with Gasteiger partial charge in [-0.2, -0.15) is 0 Å². The summed E-state index contributed by atoms with van der Waals surface area (Å²) in [6.07, 6.45) is 0.0911. The van der Waals surface area contributed by atoms with Gasteiger partial charge in [0.05, 0.1) is 12.5 Å². The molecule has 0 radical (unpaired) electrons. The van der Waals surface area contributed by atoms with Gasteiger partial charge in [0, 0.05) is 51.5 Å². The van der Waals surface area contributed by atoms with Crippen molar-refractivity contribution in [2.75, 3.05) is 38.6 Å². The van der Waals surface area contributed by atoms with Crippen LogP contribution in [0.2, 0.25) is 0 Å². The Morgan fingerprint density at radius 1 is 0.976 bits per heavy atom. The van der Waals surface area contributed by atoms with Crippen LogP contribution in [0.25, 0.3) is 22.4 Å². The highest BCUT2D eigenvalue weighted by molar-refractivity contribution is 6.00. The van der Waals surface area contributed by atoms with Crippen molar-refractivity contribution < 1.29 is 23.9 Å². The molecule has 11 heteroatoms. The predicted molar refractivity (Wildman–Crippen MR) is 153 cm³/mol. The summed E-state index contributed by atoms with van der Waals surface area (Å²) in [6.45, 7) is 3.09. The Bertz CT molecular complexity index is 1530. The standard InChI is InChI=1S/C30H32N6O5/c1-20(37)31-15-16-32-26-23-19-24(33-27(23)35-25(34-26)21-9-5-3-6-10-21)28(38)36-17-13-30(14-18-36,41-29(39)40-2)22-11-7-4-8-12-22/h3-12,19H,13-18H2,1-2H3,(H,31,37)(H2,32,33,34,35). The first kappa shape index (κ1) is 27.6. The number of fused-ring (bicyclic) bond motifs is 1. The number of aromatic amines is 1. The summed E-state index contributed by atoms with van der Waals surface area (Å²) in [4.78, 5) is 51.4. The third kappa shape index (κ3) is 6.13. The second-order valence-electron chi connectivity index (χ2n) is 9.83. The van der Waals surface area contributed by atoms with Gasteiger partial charge in [0.25, 0.3) is 5.91 Å². The zero-order chi connectivity index (χ0) is 28.8. The van der Waals surface area contributed by atoms with E-state index in [0.29, 0.717) is 67.4 Å². The molecule has 0 unspecified atom stereocenters. The monoisotopic (exact) mass is 556 g/mol. The number of nitrogens with one attached hydrogen (secondary N) is 3. The molecular weight excluding hydrogens is 524 g/mol. The van der Waals surface area contributed by atoms with Gasteiger partial charge in [-0.15, -0.1) is 0 Å². The number of piperidine rings is 1. The molecule has 212 valence electrons. The van der Waals surface area contributed by atoms with Crippen molar-refractivity contribution in [3.8, 4) is 11.4 Å². The number of carbonyl (C=O) groups excluding carboxylic acids is 3. The molecule has 0 atom stereocenters. The smallest absolute Gasteiger partial charge is 0.438 e. The second-order valence-corrected chi connectivity index (χ2v) is 9.83. The largest absolute Gasteiger partial charge is 0.508 e. The van der Waals surface area contributed by atoms with E-state index in [-0.39, 0.29) is 11.8 Å². The van der Waals surface area contributed by atoms with E-state index < -0.39 is 11.8 Å². The number of hydrogen-bond acceptors (Lipinski definition) is 8. The van der Waals surface area contributed by atoms with E-state index in [2.05, 4.69) is 15.6 Å². The van der Waals surface area contributed by atoms with Gasteiger partial charge < -0.3 is 30.0 Å². The number of amides is 2. The molecule has 1 aliphatic heterocycles. The van der Waals surface area contributed by atoms with Gasteiger partial charge in [-0.3, -0.25) is 9.59 Å². The highest BCUT2D eigenvalue weighted by Crippen LogP contribution is 2.38. The lowest BCUT2D eigenvalue weighted by atomic mass is 9.84. The third-order valence-electron chi connectivity index (χ3n) is 7.14. The van der Waals surface area contributed by atoms with Crippen LogP contribution in [0, 0.1) is 0 Å². The van der Waals surface area contributed by atoms with E-state index in [1.165, 1.54) is 14.0 Å². The van der Waals surface area contributed by atoms with E-state index in [4.69, 9.17) is 19.4 Å². The molecule has 41 heavy (non-hydrogen) atoms. The molecule has 1 aliphatic rings. The van der Waals surface area contributed by atoms with Crippen molar-refractivity contribution in [2.24, 2.45) is 0 Å². The van der Waals surface area contributed by atoms with E-state index in [1.54, 1.807) is 11.0 Å². The van der Waals surface area contributed by atoms with Crippen molar-refractivity contribution in [3.63, 3.8) is 0 Å². The lowest BCUT2D eigenvalue weighted by molar-refractivity contribution is -0.118. The lowest BCUT2D eigenvalue weighted by Crippen LogP contribution is -2.47. The van der Waals surface area contributed by atoms with E-state index in [9.17, 15) is 14.4 Å². The average molecular weight is 557 g/mol. The molecule has 1 fully saturated rings. The number of anilines is 1. The van der Waals surface area contributed by atoms with Crippen molar-refractivity contribution in [1.29, 1.82) is 0 Å². The maximum Gasteiger partial charge on any atom is 0.508 e. The van der Waals surface area contributed by atoms with Crippen LogP contribution in [0.1, 0.15) is 35.8 Å². The topological polar surface area (TPSA) is 139 Å². The Morgan fingerprint density at radius 2 is 1.66 bits per heavy atom. The number of hydrogen-bond donors (Lipinski definition) is 3. The molecule has 3 N–H and O–H groups in total. The van der Waals surface area contributed by atoms with Crippen LogP contribution in [-0.4, -0.2) is 71.1 Å². The minimum atomic E-state index is -0.882. The van der Waals surface area contributed by atoms with E-state index in [0.717, 1.165) is 11.1 Å². The molecule has 1 saturated heterocycles. The van der Waals surface area contributed by atoms with Gasteiger partial charge in [0.15, 0.2) is 5.82 Å². The number of benzene rings is 2. The molecule has 0 aliphatic carbocycles. The Hall–Kier alpha value is -4.93. The third-order valence-corrected chi connectivity index (χ3v) is 7.14. The summed E-state index contributed by atoms with van der Waals surface area (Å²) in [5, 5.41) is 6.69. The second kappa shape index (κ2) is 12.1. The summed E-state index contributed by atoms with van der Waals surface area (Å²) in [7, 11) is 1.28. The summed E-state index contributed by atoms with van der Waals surface area (Å²) >= 11 is 0. The molecule has 2 aromatic heterocycles. The molecule has 3 heterocycles. The highest BCUT2D eigenvalue weighted by atomic mass is 16.7. The molecule has 5 rings (SSSR count). The zero-order valence-corrected chi connectivity index (χ0v) is 23.0. The lowest BCUT2D eigenvalue weighted by Gasteiger charge is -2.40. The van der Waals surface area contributed by atoms with Crippen LogP contribution in [0.4, 0.5) is 10.6 Å². The van der Waals surface area contributed by atoms with Crippen LogP contribution in [0.15, 0.2) is 66.7 Å². The predicted octanol–water partition coefficient (Wildman–Crippen LogP) is 4.09. The van der Waals surface area contributed by atoms with Gasteiger partial charge in [0.1, 0.15) is 22.8 Å². The number of rotatable bonds is 8. The fourth-order valence-electron chi connectivity index (χ4n) is 5.03. The number of methoxy groups -OCH3 is 1. The Balaban J connectivity index is 1.39. The van der Waals surface area contributed by atoms with Crippen molar-refractivity contribution in [3.05, 3.63) is 78.0 Å². The molecule has 4 aromatic rings. The minimum Gasteiger partial charge on any atom is -0.438 e. The van der Waals surface area contributed by atoms with E-state index in [1.807, 2.05) is 60.7 Å². The van der Waals surface area contributed by atoms with Gasteiger partial charge in [-0.1, -0.05) is 60.7 Å². The highest BCUT2D eigenvalue weighted by Gasteiger charge is 2.41. The Kier molecular flexibility index (Phi) is 8.14. The Morgan fingerprint density at radius 3 is 2.32 bits per heavy atom. The van der Waals surface area contributed by atoms with Gasteiger partial charge in [-0.05, 0) is 11.6 Å². The SMILES string of the molecule is COC(=O)OC1(c2ccccc2)CCN(C(=O)c2cc3c(NCCNC(C)=O)nc(-c4ccccc4)nc3[nH]2)CC1. The molecule has 0 saturated carbocycles. The first-order chi connectivity index (χ1) is 19.9. The molecule has 0 bridgehead atoms. The fraction of sp³-hybridized carbons (Fsp3) is 0.300. The van der Waals surface area contributed by atoms with Gasteiger partial charge in [-0.25, -0.2) is 14.8 Å². The van der Waals surface area contributed by atoms with Crippen LogP contribution in [0.5, 0.6) is 0 Å². The molecule has 2 aromatic carbocycles. The normalized spacial score (nSPS) is 14.3. The fourth-order valence-corrected chi connectivity index (χ4v) is 5.03. The summed E-state index contributed by atoms with van der Waals surface area (Å²) in [6, 6.07) is 20.8. The molecule has 11 nitrogen and oxygen atoms in total. The van der Waals surface area contributed by atoms with Crippen molar-refractivity contribution >= 4 is 34.8 Å². The average Bonchev–Trinajstić information content (AvgIpc) is 3.44. The van der Waals surface area contributed by atoms with Crippen molar-refractivity contribution in [2.45, 2.75) is 25.4 Å². The maximum atomic E-state index is 13.6. The van der Waals surface area contributed by atoms with Crippen LogP contribution in [0.3, 0.4) is 0 Å². The number of carbonyl (C=O) groups is 3. The summed E-state index contributed by atoms with van der Waals surface area (Å²) < 4.78 is 10.6. The van der Waals surface area contributed by atoms with Crippen LogP contribution < -0.4 is 10.6 Å². The first-order valence-electron chi connectivity index (χ1n) is 13.4. The molecular formula is C30H32N6O5. The molecule has 0 spiro atoms. The maximum absolute atomic E-state index is 13.6. The number of H-pyrrole nitrogens is 1. The van der Waals surface area contributed by atoms with E-state index >= 15 is 0 Å². The summed E-state index contributed by atoms with van der Waals surface area (Å²) in [5.74, 6) is 0.761. The number of ether oxygens (including phenoxy) is 2. The van der Waals surface area contributed by atoms with Crippen LogP contribution in [-0.2, 0) is 19.9 Å². The number of aromatic nitrogens is 3. The number of nitrogens with zero attached hydrogens (tertiary/aromatic N) is 3. The van der Waals surface area contributed by atoms with Gasteiger partial charge in [0.2, 0.25) is 5.91 Å². The zero-order valence-electron chi connectivity index (χ0n) is 23.0. The number of likely N-dealkylation sites (tertiary alicyclic amines) is 1. The van der Waals surface area contributed by atoms with Gasteiger partial charge >= 0.3 is 6.16 Å². The van der Waals surface area contributed by atoms with Crippen molar-refractivity contribution in [1.82, 2.24) is 25.2 Å². The first-order valence-corrected chi connectivity index (χ1v) is 13.4. The quantitative estimate of drug-likeness (QED) is 0.218. The summed E-state index contributed by atoms with van der Waals surface area (Å²) in [5.41, 5.74) is 1.72. The minimum absolute atomic E-state index is 0.117. The van der Waals surface area contributed by atoms with Crippen LogP contribution >= 0.6 is 0 Å².